The van der Waals surface area contributed by atoms with E-state index in [4.69, 9.17) is 4.74 Å². The van der Waals surface area contributed by atoms with Gasteiger partial charge in [0.25, 0.3) is 5.56 Å². The first-order valence-electron chi connectivity index (χ1n) is 6.65. The van der Waals surface area contributed by atoms with E-state index in [0.717, 1.165) is 11.1 Å². The molecule has 1 aromatic heterocycles. The first-order valence-corrected chi connectivity index (χ1v) is 6.65. The van der Waals surface area contributed by atoms with Crippen LogP contribution < -0.4 is 10.9 Å². The molecule has 0 aliphatic heterocycles. The van der Waals surface area contributed by atoms with Gasteiger partial charge < -0.3 is 15.0 Å². The molecule has 0 bridgehead atoms. The zero-order chi connectivity index (χ0) is 14.4. The van der Waals surface area contributed by atoms with Crippen molar-refractivity contribution >= 4 is 5.82 Å². The fraction of sp³-hybridized carbons (Fsp3) is 0.333. The Bertz CT molecular complexity index is 623. The molecule has 0 saturated carbocycles. The van der Waals surface area contributed by atoms with Gasteiger partial charge in [-0.1, -0.05) is 24.3 Å². The van der Waals surface area contributed by atoms with Gasteiger partial charge in [-0.3, -0.25) is 4.79 Å². The van der Waals surface area contributed by atoms with Gasteiger partial charge in [-0.25, -0.2) is 4.98 Å². The molecule has 2 N–H and O–H groups in total. The van der Waals surface area contributed by atoms with Gasteiger partial charge in [-0.2, -0.15) is 0 Å². The van der Waals surface area contributed by atoms with Crippen molar-refractivity contribution in [2.24, 2.45) is 0 Å². The van der Waals surface area contributed by atoms with Crippen LogP contribution >= 0.6 is 0 Å². The van der Waals surface area contributed by atoms with E-state index in [0.29, 0.717) is 31.4 Å². The van der Waals surface area contributed by atoms with Crippen LogP contribution in [0.25, 0.3) is 0 Å². The van der Waals surface area contributed by atoms with E-state index < -0.39 is 0 Å². The average Bonchev–Trinajstić information content (AvgIpc) is 2.43. The molecule has 0 aliphatic carbocycles. The summed E-state index contributed by atoms with van der Waals surface area (Å²) >= 11 is 0. The van der Waals surface area contributed by atoms with Crippen molar-refractivity contribution in [2.45, 2.75) is 27.0 Å². The molecule has 2 aromatic rings. The summed E-state index contributed by atoms with van der Waals surface area (Å²) in [7, 11) is 0. The van der Waals surface area contributed by atoms with E-state index in [9.17, 15) is 4.79 Å². The number of rotatable bonds is 6. The first kappa shape index (κ1) is 14.3. The summed E-state index contributed by atoms with van der Waals surface area (Å²) in [6, 6.07) is 9.53. The molecule has 0 fully saturated rings. The SMILES string of the molecule is CCOCc1ccccc1CNc1cc(=O)[nH]c(C)n1. The minimum absolute atomic E-state index is 0.150. The van der Waals surface area contributed by atoms with Gasteiger partial charge in [0.05, 0.1) is 6.61 Å². The number of anilines is 1. The van der Waals surface area contributed by atoms with E-state index in [2.05, 4.69) is 15.3 Å². The topological polar surface area (TPSA) is 67.0 Å². The number of H-pyrrole nitrogens is 1. The molecular weight excluding hydrogens is 254 g/mol. The number of hydrogen-bond donors (Lipinski definition) is 2. The number of nitrogens with one attached hydrogen (secondary N) is 2. The lowest BCUT2D eigenvalue weighted by Crippen LogP contribution is -2.12. The Labute approximate surface area is 118 Å². The molecule has 0 spiro atoms. The number of aromatic amines is 1. The lowest BCUT2D eigenvalue weighted by Gasteiger charge is -2.11. The summed E-state index contributed by atoms with van der Waals surface area (Å²) in [4.78, 5) is 18.2. The highest BCUT2D eigenvalue weighted by Crippen LogP contribution is 2.12. The number of nitrogens with zero attached hydrogens (tertiary/aromatic N) is 1. The number of ether oxygens (including phenoxy) is 1. The van der Waals surface area contributed by atoms with Crippen molar-refractivity contribution in [1.82, 2.24) is 9.97 Å². The van der Waals surface area contributed by atoms with E-state index >= 15 is 0 Å². The Morgan fingerprint density at radius 1 is 1.30 bits per heavy atom. The van der Waals surface area contributed by atoms with E-state index in [-0.39, 0.29) is 5.56 Å². The molecule has 0 unspecified atom stereocenters. The van der Waals surface area contributed by atoms with Gasteiger partial charge in [0, 0.05) is 19.2 Å². The smallest absolute Gasteiger partial charge is 0.252 e. The highest BCUT2D eigenvalue weighted by Gasteiger charge is 2.03. The van der Waals surface area contributed by atoms with Crippen LogP contribution in [0.5, 0.6) is 0 Å². The molecule has 0 saturated heterocycles. The predicted octanol–water partition coefficient (Wildman–Crippen LogP) is 2.23. The summed E-state index contributed by atoms with van der Waals surface area (Å²) in [5.41, 5.74) is 2.13. The Morgan fingerprint density at radius 3 is 2.75 bits per heavy atom. The van der Waals surface area contributed by atoms with Crippen LogP contribution in [0.3, 0.4) is 0 Å². The van der Waals surface area contributed by atoms with Crippen LogP contribution in [0.2, 0.25) is 0 Å². The maximum atomic E-state index is 11.4. The van der Waals surface area contributed by atoms with Crippen molar-refractivity contribution in [3.05, 3.63) is 57.6 Å². The first-order chi connectivity index (χ1) is 9.69. The minimum atomic E-state index is -0.150. The minimum Gasteiger partial charge on any atom is -0.377 e. The summed E-state index contributed by atoms with van der Waals surface area (Å²) in [6.07, 6.45) is 0. The van der Waals surface area contributed by atoms with Gasteiger partial charge in [-0.05, 0) is 25.0 Å². The number of aryl methyl sites for hydroxylation is 1. The monoisotopic (exact) mass is 273 g/mol. The zero-order valence-electron chi connectivity index (χ0n) is 11.8. The molecule has 1 aromatic carbocycles. The molecule has 5 nitrogen and oxygen atoms in total. The predicted molar refractivity (Wildman–Crippen MR) is 78.7 cm³/mol. The summed E-state index contributed by atoms with van der Waals surface area (Å²) in [5.74, 6) is 1.18. The van der Waals surface area contributed by atoms with Crippen molar-refractivity contribution in [3.63, 3.8) is 0 Å². The van der Waals surface area contributed by atoms with E-state index in [1.54, 1.807) is 6.92 Å². The third-order valence-electron chi connectivity index (χ3n) is 2.90. The second-order valence-electron chi connectivity index (χ2n) is 4.48. The van der Waals surface area contributed by atoms with E-state index in [1.165, 1.54) is 6.07 Å². The van der Waals surface area contributed by atoms with E-state index in [1.807, 2.05) is 31.2 Å². The van der Waals surface area contributed by atoms with Crippen LogP contribution in [0.15, 0.2) is 35.1 Å². The van der Waals surface area contributed by atoms with Crippen LogP contribution in [0.4, 0.5) is 5.82 Å². The van der Waals surface area contributed by atoms with Crippen LogP contribution in [-0.4, -0.2) is 16.6 Å². The molecule has 0 aliphatic rings. The quantitative estimate of drug-likeness (QED) is 0.847. The number of hydrogen-bond acceptors (Lipinski definition) is 4. The molecular formula is C15H19N3O2. The Kier molecular flexibility index (Phi) is 4.90. The molecule has 0 atom stereocenters. The molecule has 20 heavy (non-hydrogen) atoms. The summed E-state index contributed by atoms with van der Waals surface area (Å²) < 4.78 is 5.45. The van der Waals surface area contributed by atoms with Gasteiger partial charge in [0.15, 0.2) is 0 Å². The lowest BCUT2D eigenvalue weighted by molar-refractivity contribution is 0.133. The molecule has 0 radical (unpaired) electrons. The lowest BCUT2D eigenvalue weighted by atomic mass is 10.1. The highest BCUT2D eigenvalue weighted by molar-refractivity contribution is 5.36. The normalized spacial score (nSPS) is 10.5. The van der Waals surface area contributed by atoms with Gasteiger partial charge in [0.1, 0.15) is 11.6 Å². The van der Waals surface area contributed by atoms with Crippen LogP contribution in [0.1, 0.15) is 23.9 Å². The third kappa shape index (κ3) is 3.93. The fourth-order valence-electron chi connectivity index (χ4n) is 1.94. The third-order valence-corrected chi connectivity index (χ3v) is 2.90. The molecule has 2 rings (SSSR count). The number of benzene rings is 1. The molecule has 106 valence electrons. The largest absolute Gasteiger partial charge is 0.377 e. The van der Waals surface area contributed by atoms with Gasteiger partial charge >= 0.3 is 0 Å². The summed E-state index contributed by atoms with van der Waals surface area (Å²) in [5, 5.41) is 3.17. The maximum absolute atomic E-state index is 11.4. The van der Waals surface area contributed by atoms with Crippen LogP contribution in [-0.2, 0) is 17.9 Å². The Morgan fingerprint density at radius 2 is 2.05 bits per heavy atom. The standard InChI is InChI=1S/C15H19N3O2/c1-3-20-10-13-7-5-4-6-12(13)9-16-14-8-15(19)18-11(2)17-14/h4-8H,3,9-10H2,1-2H3,(H2,16,17,18,19). The Balaban J connectivity index is 2.08. The van der Waals surface area contributed by atoms with Crippen molar-refractivity contribution < 1.29 is 4.74 Å². The second kappa shape index (κ2) is 6.86. The summed E-state index contributed by atoms with van der Waals surface area (Å²) in [6.45, 7) is 5.63. The molecule has 0 amide bonds. The van der Waals surface area contributed by atoms with Crippen molar-refractivity contribution in [2.75, 3.05) is 11.9 Å². The van der Waals surface area contributed by atoms with Gasteiger partial charge in [-0.15, -0.1) is 0 Å². The number of aromatic nitrogens is 2. The van der Waals surface area contributed by atoms with Crippen molar-refractivity contribution in [1.29, 1.82) is 0 Å². The van der Waals surface area contributed by atoms with Crippen molar-refractivity contribution in [3.8, 4) is 0 Å². The van der Waals surface area contributed by atoms with Crippen LogP contribution in [0, 0.1) is 6.92 Å². The Hall–Kier alpha value is -2.14. The van der Waals surface area contributed by atoms with Gasteiger partial charge in [0.2, 0.25) is 0 Å². The second-order valence-corrected chi connectivity index (χ2v) is 4.48. The molecule has 5 heteroatoms. The highest BCUT2D eigenvalue weighted by atomic mass is 16.5. The molecule has 1 heterocycles. The average molecular weight is 273 g/mol. The fourth-order valence-corrected chi connectivity index (χ4v) is 1.94. The maximum Gasteiger partial charge on any atom is 0.252 e. The zero-order valence-corrected chi connectivity index (χ0v) is 11.8.